The number of hydrogen-bond donors (Lipinski definition) is 2. The fourth-order valence-electron chi connectivity index (χ4n) is 2.11. The molecule has 6 nitrogen and oxygen atoms in total. The SMILES string of the molecule is NC(=O)Nc1cc(Cl)cc(-c2cccc(C(F)(F)F)c2)c1[N+](=O)[O-]. The molecule has 126 valence electrons. The molecule has 0 heterocycles. The number of carbonyl (C=O) groups is 1. The predicted molar refractivity (Wildman–Crippen MR) is 81.8 cm³/mol. The van der Waals surface area contributed by atoms with Gasteiger partial charge in [0.2, 0.25) is 0 Å². The van der Waals surface area contributed by atoms with Gasteiger partial charge in [0, 0.05) is 5.02 Å². The number of nitrogens with two attached hydrogens (primary N) is 1. The molecule has 2 rings (SSSR count). The highest BCUT2D eigenvalue weighted by Gasteiger charge is 2.31. The minimum atomic E-state index is -4.61. The zero-order valence-electron chi connectivity index (χ0n) is 11.7. The Hall–Kier alpha value is -2.81. The summed E-state index contributed by atoms with van der Waals surface area (Å²) in [6.07, 6.45) is -4.61. The van der Waals surface area contributed by atoms with Crippen molar-refractivity contribution >= 4 is 29.0 Å². The van der Waals surface area contributed by atoms with Gasteiger partial charge >= 0.3 is 17.9 Å². The Bertz CT molecular complexity index is 825. The molecule has 0 bridgehead atoms. The fourth-order valence-corrected chi connectivity index (χ4v) is 2.33. The minimum Gasteiger partial charge on any atom is -0.351 e. The first-order valence-corrected chi connectivity index (χ1v) is 6.69. The first kappa shape index (κ1) is 17.5. The van der Waals surface area contributed by atoms with Gasteiger partial charge in [0.05, 0.1) is 16.1 Å². The molecule has 0 atom stereocenters. The van der Waals surface area contributed by atoms with Gasteiger partial charge in [-0.2, -0.15) is 13.2 Å². The van der Waals surface area contributed by atoms with E-state index in [1.165, 1.54) is 6.07 Å². The summed E-state index contributed by atoms with van der Waals surface area (Å²) in [7, 11) is 0. The van der Waals surface area contributed by atoms with Crippen molar-refractivity contribution in [3.8, 4) is 11.1 Å². The third kappa shape index (κ3) is 3.74. The summed E-state index contributed by atoms with van der Waals surface area (Å²) in [5, 5.41) is 13.4. The Morgan fingerprint density at radius 2 is 1.92 bits per heavy atom. The van der Waals surface area contributed by atoms with Crippen molar-refractivity contribution in [3.05, 3.63) is 57.1 Å². The number of anilines is 1. The van der Waals surface area contributed by atoms with E-state index < -0.39 is 28.4 Å². The van der Waals surface area contributed by atoms with E-state index in [0.717, 1.165) is 30.3 Å². The maximum atomic E-state index is 12.8. The smallest absolute Gasteiger partial charge is 0.351 e. The predicted octanol–water partition coefficient (Wildman–Crippen LogP) is 4.42. The number of nitro groups is 1. The van der Waals surface area contributed by atoms with E-state index in [-0.39, 0.29) is 21.8 Å². The van der Waals surface area contributed by atoms with Gasteiger partial charge in [-0.1, -0.05) is 23.7 Å². The number of nitrogens with zero attached hydrogens (tertiary/aromatic N) is 1. The number of benzene rings is 2. The Labute approximate surface area is 138 Å². The molecule has 0 aliphatic heterocycles. The second-order valence-corrected chi connectivity index (χ2v) is 5.11. The van der Waals surface area contributed by atoms with E-state index in [2.05, 4.69) is 0 Å². The summed E-state index contributed by atoms with van der Waals surface area (Å²) < 4.78 is 38.5. The second-order valence-electron chi connectivity index (χ2n) is 4.67. The van der Waals surface area contributed by atoms with Crippen LogP contribution in [0.25, 0.3) is 11.1 Å². The van der Waals surface area contributed by atoms with Crippen LogP contribution in [0.1, 0.15) is 5.56 Å². The zero-order valence-corrected chi connectivity index (χ0v) is 12.5. The molecule has 0 unspecified atom stereocenters. The van der Waals surface area contributed by atoms with E-state index in [4.69, 9.17) is 17.3 Å². The quantitative estimate of drug-likeness (QED) is 0.626. The Morgan fingerprint density at radius 3 is 2.46 bits per heavy atom. The van der Waals surface area contributed by atoms with Gasteiger partial charge in [0.1, 0.15) is 5.69 Å². The van der Waals surface area contributed by atoms with Crippen LogP contribution in [0.3, 0.4) is 0 Å². The molecular formula is C14H9ClF3N3O3. The number of nitro benzene ring substituents is 1. The number of carbonyl (C=O) groups excluding carboxylic acids is 1. The lowest BCUT2D eigenvalue weighted by atomic mass is 10.00. The van der Waals surface area contributed by atoms with Crippen LogP contribution in [-0.4, -0.2) is 11.0 Å². The van der Waals surface area contributed by atoms with E-state index in [0.29, 0.717) is 0 Å². The van der Waals surface area contributed by atoms with Crippen LogP contribution in [0.4, 0.5) is 29.3 Å². The standard InChI is InChI=1S/C14H9ClF3N3O3/c15-9-5-10(7-2-1-3-8(4-7)14(16,17)18)12(21(23)24)11(6-9)20-13(19)22/h1-6H,(H3,19,20,22). The van der Waals surface area contributed by atoms with E-state index in [9.17, 15) is 28.1 Å². The lowest BCUT2D eigenvalue weighted by Crippen LogP contribution is -2.20. The maximum absolute atomic E-state index is 12.8. The van der Waals surface area contributed by atoms with Crippen LogP contribution in [-0.2, 0) is 6.18 Å². The monoisotopic (exact) mass is 359 g/mol. The van der Waals surface area contributed by atoms with Crippen molar-refractivity contribution in [3.63, 3.8) is 0 Å². The molecule has 0 saturated heterocycles. The molecule has 0 radical (unpaired) electrons. The first-order chi connectivity index (χ1) is 11.1. The largest absolute Gasteiger partial charge is 0.416 e. The van der Waals surface area contributed by atoms with Gasteiger partial charge < -0.3 is 11.1 Å². The van der Waals surface area contributed by atoms with E-state index in [1.54, 1.807) is 0 Å². The van der Waals surface area contributed by atoms with Gasteiger partial charge in [0.15, 0.2) is 0 Å². The molecule has 2 amide bonds. The lowest BCUT2D eigenvalue weighted by molar-refractivity contribution is -0.383. The van der Waals surface area contributed by atoms with E-state index >= 15 is 0 Å². The third-order valence-electron chi connectivity index (χ3n) is 3.02. The third-order valence-corrected chi connectivity index (χ3v) is 3.23. The van der Waals surface area contributed by atoms with Crippen LogP contribution in [0.15, 0.2) is 36.4 Å². The molecule has 3 N–H and O–H groups in total. The van der Waals surface area contributed by atoms with Gasteiger partial charge in [-0.15, -0.1) is 0 Å². The lowest BCUT2D eigenvalue weighted by Gasteiger charge is -2.12. The molecule has 2 aromatic carbocycles. The molecule has 0 aliphatic rings. The van der Waals surface area contributed by atoms with Crippen LogP contribution < -0.4 is 11.1 Å². The van der Waals surface area contributed by atoms with Gasteiger partial charge in [-0.3, -0.25) is 10.1 Å². The molecule has 2 aromatic rings. The van der Waals surface area contributed by atoms with Crippen LogP contribution >= 0.6 is 11.6 Å². The molecule has 0 saturated carbocycles. The summed E-state index contributed by atoms with van der Waals surface area (Å²) in [6.45, 7) is 0. The average molecular weight is 360 g/mol. The van der Waals surface area contributed by atoms with Gasteiger partial charge in [0.25, 0.3) is 0 Å². The maximum Gasteiger partial charge on any atom is 0.416 e. The zero-order chi connectivity index (χ0) is 18.1. The molecular weight excluding hydrogens is 351 g/mol. The van der Waals surface area contributed by atoms with Crippen LogP contribution in [0.2, 0.25) is 5.02 Å². The Balaban J connectivity index is 2.72. The fraction of sp³-hybridized carbons (Fsp3) is 0.0714. The molecule has 10 heteroatoms. The van der Waals surface area contributed by atoms with Gasteiger partial charge in [-0.25, -0.2) is 4.79 Å². The number of alkyl halides is 3. The summed E-state index contributed by atoms with van der Waals surface area (Å²) in [5.74, 6) is 0. The minimum absolute atomic E-state index is 0.0169. The number of urea groups is 1. The van der Waals surface area contributed by atoms with E-state index in [1.807, 2.05) is 5.32 Å². The number of halogens is 4. The topological polar surface area (TPSA) is 98.3 Å². The number of rotatable bonds is 3. The average Bonchev–Trinajstić information content (AvgIpc) is 2.44. The van der Waals surface area contributed by atoms with Crippen molar-refractivity contribution in [1.29, 1.82) is 0 Å². The highest BCUT2D eigenvalue weighted by atomic mass is 35.5. The van der Waals surface area contributed by atoms with Crippen molar-refractivity contribution in [2.45, 2.75) is 6.18 Å². The second kappa shape index (κ2) is 6.36. The molecule has 0 aromatic heterocycles. The molecule has 24 heavy (non-hydrogen) atoms. The molecule has 0 fully saturated rings. The molecule has 0 spiro atoms. The number of amides is 2. The summed E-state index contributed by atoms with van der Waals surface area (Å²) in [4.78, 5) is 21.5. The first-order valence-electron chi connectivity index (χ1n) is 6.31. The highest BCUT2D eigenvalue weighted by molar-refractivity contribution is 6.31. The normalized spacial score (nSPS) is 11.2. The van der Waals surface area contributed by atoms with Crippen LogP contribution in [0, 0.1) is 10.1 Å². The number of nitrogens with one attached hydrogen (secondary N) is 1. The van der Waals surface area contributed by atoms with Gasteiger partial charge in [-0.05, 0) is 29.8 Å². The molecule has 0 aliphatic carbocycles. The Kier molecular flexibility index (Phi) is 4.65. The van der Waals surface area contributed by atoms with Crippen molar-refractivity contribution in [2.75, 3.05) is 5.32 Å². The Morgan fingerprint density at radius 1 is 1.25 bits per heavy atom. The highest BCUT2D eigenvalue weighted by Crippen LogP contribution is 2.40. The van der Waals surface area contributed by atoms with Crippen molar-refractivity contribution in [2.24, 2.45) is 5.73 Å². The van der Waals surface area contributed by atoms with Crippen LogP contribution in [0.5, 0.6) is 0 Å². The van der Waals surface area contributed by atoms with Crippen molar-refractivity contribution in [1.82, 2.24) is 0 Å². The number of primary amides is 1. The summed E-state index contributed by atoms with van der Waals surface area (Å²) in [6, 6.07) is 5.12. The van der Waals surface area contributed by atoms with Crippen molar-refractivity contribution < 1.29 is 22.9 Å². The number of hydrogen-bond acceptors (Lipinski definition) is 3. The summed E-state index contributed by atoms with van der Waals surface area (Å²) >= 11 is 5.85. The summed E-state index contributed by atoms with van der Waals surface area (Å²) in [5.41, 5.74) is 2.79.